The Morgan fingerprint density at radius 3 is 2.31 bits per heavy atom. The monoisotopic (exact) mass is 996 g/mol. The molecular weight excluding hydrogens is 936 g/mol. The number of phenolic OH excluding ortho intramolecular Hbond substituents is 1. The summed E-state index contributed by atoms with van der Waals surface area (Å²) in [4.78, 5) is 51.4. The van der Waals surface area contributed by atoms with Crippen molar-refractivity contribution in [1.82, 2.24) is 21.3 Å². The predicted octanol–water partition coefficient (Wildman–Crippen LogP) is 5.58. The van der Waals surface area contributed by atoms with Crippen LogP contribution in [0.15, 0.2) is 78.0 Å². The maximum Gasteiger partial charge on any atom is 0.315 e. The zero-order valence-electron chi connectivity index (χ0n) is 38.4. The van der Waals surface area contributed by atoms with Gasteiger partial charge in [0.1, 0.15) is 35.6 Å². The van der Waals surface area contributed by atoms with Gasteiger partial charge >= 0.3 is 6.03 Å². The Hall–Kier alpha value is -5.05. The molecule has 2 saturated heterocycles. The fourth-order valence-electron chi connectivity index (χ4n) is 8.88. The molecule has 17 nitrogen and oxygen atoms in total. The molecule has 0 saturated carbocycles. The smallest absolute Gasteiger partial charge is 0.315 e. The SMILES string of the molecule is CC1(C)CC(=O)C2=C(C1)Nc1c(O)cccc1N(S(=O)(=O)CC(=O)NCCOCCOCCOCCNC(=O)CCCCC1SCC3NC(=O)NC31)C2c1ccc(OCc2ccccc2)cc1Cl. The van der Waals surface area contributed by atoms with Crippen molar-refractivity contribution in [2.24, 2.45) is 5.41 Å². The zero-order chi connectivity index (χ0) is 48.3. The zero-order valence-corrected chi connectivity index (χ0v) is 40.7. The average Bonchev–Trinajstić information content (AvgIpc) is 3.80. The van der Waals surface area contributed by atoms with Crippen molar-refractivity contribution >= 4 is 68.4 Å². The molecule has 20 heteroatoms. The van der Waals surface area contributed by atoms with E-state index < -0.39 is 33.1 Å². The van der Waals surface area contributed by atoms with Crippen molar-refractivity contribution < 1.29 is 51.6 Å². The van der Waals surface area contributed by atoms with Gasteiger partial charge in [-0.3, -0.25) is 18.7 Å². The summed E-state index contributed by atoms with van der Waals surface area (Å²) in [6, 6.07) is 17.8. The summed E-state index contributed by atoms with van der Waals surface area (Å²) < 4.78 is 53.1. The van der Waals surface area contributed by atoms with Crippen LogP contribution >= 0.6 is 23.4 Å². The number of halogens is 1. The van der Waals surface area contributed by atoms with E-state index in [1.807, 2.05) is 55.9 Å². The highest BCUT2D eigenvalue weighted by molar-refractivity contribution is 8.00. The summed E-state index contributed by atoms with van der Waals surface area (Å²) in [6.45, 7) is 6.13. The number of benzene rings is 3. The number of anilines is 2. The lowest BCUT2D eigenvalue weighted by molar-refractivity contribution is -0.121. The van der Waals surface area contributed by atoms with Gasteiger partial charge in [0, 0.05) is 53.2 Å². The summed E-state index contributed by atoms with van der Waals surface area (Å²) in [5.41, 5.74) is 1.50. The number of allylic oxidation sites excluding steroid dienone is 1. The number of thioether (sulfide) groups is 1. The van der Waals surface area contributed by atoms with E-state index in [1.165, 1.54) is 18.2 Å². The maximum absolute atomic E-state index is 14.7. The Morgan fingerprint density at radius 2 is 1.59 bits per heavy atom. The first-order valence-corrected chi connectivity index (χ1v) is 26.0. The van der Waals surface area contributed by atoms with Gasteiger partial charge in [0.2, 0.25) is 21.8 Å². The van der Waals surface area contributed by atoms with Crippen molar-refractivity contribution in [3.8, 4) is 11.5 Å². The number of carbonyl (C=O) groups is 4. The molecule has 6 N–H and O–H groups in total. The molecule has 0 aromatic heterocycles. The number of Topliss-reactive ketones (excluding diaryl/α,β-unsaturated/α-hetero) is 1. The highest BCUT2D eigenvalue weighted by Gasteiger charge is 2.47. The van der Waals surface area contributed by atoms with E-state index in [-0.39, 0.29) is 96.9 Å². The number of carbonyl (C=O) groups excluding carboxylic acids is 4. The van der Waals surface area contributed by atoms with E-state index in [4.69, 9.17) is 30.5 Å². The maximum atomic E-state index is 14.7. The van der Waals surface area contributed by atoms with Crippen LogP contribution in [0.4, 0.5) is 16.2 Å². The van der Waals surface area contributed by atoms with Crippen LogP contribution in [0.5, 0.6) is 11.5 Å². The number of nitrogens with zero attached hydrogens (tertiary/aromatic N) is 1. The van der Waals surface area contributed by atoms with E-state index >= 15 is 0 Å². The number of fused-ring (bicyclic) bond motifs is 2. The first-order chi connectivity index (χ1) is 32.7. The molecule has 4 atom stereocenters. The van der Waals surface area contributed by atoms with Crippen molar-refractivity contribution in [2.75, 3.05) is 73.9 Å². The predicted molar refractivity (Wildman–Crippen MR) is 260 cm³/mol. The van der Waals surface area contributed by atoms with Gasteiger partial charge in [-0.15, -0.1) is 0 Å². The van der Waals surface area contributed by atoms with Gasteiger partial charge in [-0.2, -0.15) is 11.8 Å². The number of aromatic hydroxyl groups is 1. The minimum atomic E-state index is -4.60. The van der Waals surface area contributed by atoms with Gasteiger partial charge in [-0.05, 0) is 60.1 Å². The van der Waals surface area contributed by atoms with Gasteiger partial charge in [-0.1, -0.05) is 74.3 Å². The Bertz CT molecular complexity index is 2420. The van der Waals surface area contributed by atoms with Crippen LogP contribution in [0.25, 0.3) is 0 Å². The minimum absolute atomic E-state index is 0.0164. The number of amides is 4. The molecule has 0 spiro atoms. The van der Waals surface area contributed by atoms with Crippen LogP contribution in [0.2, 0.25) is 5.02 Å². The number of phenols is 1. The molecular formula is C48H61ClN6O11S2. The number of hydrogen-bond donors (Lipinski definition) is 6. The van der Waals surface area contributed by atoms with Crippen molar-refractivity contribution in [2.45, 2.75) is 82.4 Å². The molecule has 2 fully saturated rings. The second-order valence-electron chi connectivity index (χ2n) is 17.9. The summed E-state index contributed by atoms with van der Waals surface area (Å²) in [5, 5.41) is 26.3. The standard InChI is InChI=1S/C48H61ClN6O11S2/c1-48(2)26-35-43(39(57)27-48)46(33-16-15-32(25-34(33)49)66-28-31-9-4-3-5-10-31)55(37-11-8-12-38(56)45(37)52-35)68(61,62)30-42(59)51-18-20-64-22-24-65-23-21-63-19-17-50-41(58)14-7-6-13-40-44-36(29-67-40)53-47(60)54-44/h3-5,8-12,15-16,25,36,40,44,46,52,56H,6-7,13-14,17-24,26-30H2,1-2H3,(H,50,58)(H,51,59)(H2,53,54,60). The van der Waals surface area contributed by atoms with E-state index in [0.29, 0.717) is 61.5 Å². The molecule has 3 aliphatic heterocycles. The van der Waals surface area contributed by atoms with E-state index in [2.05, 4.69) is 26.6 Å². The normalized spacial score (nSPS) is 20.6. The van der Waals surface area contributed by atoms with Crippen molar-refractivity contribution in [3.63, 3.8) is 0 Å². The molecule has 4 unspecified atom stereocenters. The fourth-order valence-corrected chi connectivity index (χ4v) is 12.3. The molecule has 0 bridgehead atoms. The lowest BCUT2D eigenvalue weighted by atomic mass is 9.73. The topological polar surface area (TPSA) is 223 Å². The Morgan fingerprint density at radius 1 is 0.882 bits per heavy atom. The van der Waals surface area contributed by atoms with Crippen LogP contribution in [0.3, 0.4) is 0 Å². The highest BCUT2D eigenvalue weighted by Crippen LogP contribution is 2.52. The number of urea groups is 1. The number of nitrogens with one attached hydrogen (secondary N) is 5. The summed E-state index contributed by atoms with van der Waals surface area (Å²) in [5.74, 6) is -0.980. The molecule has 7 rings (SSSR count). The van der Waals surface area contributed by atoms with E-state index in [9.17, 15) is 32.7 Å². The molecule has 68 heavy (non-hydrogen) atoms. The van der Waals surface area contributed by atoms with Crippen LogP contribution in [0, 0.1) is 5.41 Å². The first-order valence-electron chi connectivity index (χ1n) is 23.0. The largest absolute Gasteiger partial charge is 0.506 e. The molecule has 0 radical (unpaired) electrons. The van der Waals surface area contributed by atoms with Crippen LogP contribution in [0.1, 0.15) is 69.5 Å². The molecule has 3 aromatic carbocycles. The lowest BCUT2D eigenvalue weighted by Gasteiger charge is -2.37. The Kier molecular flexibility index (Phi) is 17.6. The molecule has 3 heterocycles. The highest BCUT2D eigenvalue weighted by atomic mass is 35.5. The number of unbranched alkanes of at least 4 members (excludes halogenated alkanes) is 1. The lowest BCUT2D eigenvalue weighted by Crippen LogP contribution is -2.44. The minimum Gasteiger partial charge on any atom is -0.506 e. The third-order valence-corrected chi connectivity index (χ3v) is 15.5. The molecule has 368 valence electrons. The van der Waals surface area contributed by atoms with Crippen LogP contribution in [-0.4, -0.2) is 119 Å². The fraction of sp³-hybridized carbons (Fsp3) is 0.500. The van der Waals surface area contributed by atoms with Crippen LogP contribution in [-0.2, 0) is 45.2 Å². The quantitative estimate of drug-likeness (QED) is 0.0367. The summed E-state index contributed by atoms with van der Waals surface area (Å²) in [6.07, 6.45) is 3.61. The van der Waals surface area contributed by atoms with Gasteiger partial charge < -0.3 is 50.6 Å². The van der Waals surface area contributed by atoms with E-state index in [1.54, 1.807) is 18.2 Å². The molecule has 4 amide bonds. The second-order valence-corrected chi connectivity index (χ2v) is 21.5. The molecule has 1 aliphatic carbocycles. The Labute approximate surface area is 406 Å². The third kappa shape index (κ3) is 13.4. The number of hydrogen-bond acceptors (Lipinski definition) is 13. The van der Waals surface area contributed by atoms with E-state index in [0.717, 1.165) is 34.9 Å². The summed E-state index contributed by atoms with van der Waals surface area (Å²) >= 11 is 8.86. The van der Waals surface area contributed by atoms with Gasteiger partial charge in [0.25, 0.3) is 0 Å². The second kappa shape index (κ2) is 23.5. The van der Waals surface area contributed by atoms with Gasteiger partial charge in [0.05, 0.1) is 57.4 Å². The number of sulfonamides is 1. The van der Waals surface area contributed by atoms with Gasteiger partial charge in [0.15, 0.2) is 5.78 Å². The summed E-state index contributed by atoms with van der Waals surface area (Å²) in [7, 11) is -4.60. The average molecular weight is 998 g/mol. The number of ketones is 1. The van der Waals surface area contributed by atoms with Crippen LogP contribution < -0.4 is 35.6 Å². The number of para-hydroxylation sites is 1. The van der Waals surface area contributed by atoms with Gasteiger partial charge in [-0.25, -0.2) is 13.2 Å². The Balaban J connectivity index is 0.856. The molecule has 4 aliphatic rings. The molecule has 3 aromatic rings. The number of rotatable bonds is 24. The number of ether oxygens (including phenoxy) is 4. The third-order valence-electron chi connectivity index (χ3n) is 12.1. The van der Waals surface area contributed by atoms with Crippen molar-refractivity contribution in [1.29, 1.82) is 0 Å². The first kappa shape index (κ1) is 50.8. The van der Waals surface area contributed by atoms with Crippen molar-refractivity contribution in [3.05, 3.63) is 94.1 Å².